The molecule has 0 saturated heterocycles. The van der Waals surface area contributed by atoms with Crippen molar-refractivity contribution in [3.05, 3.63) is 24.3 Å². The zero-order chi connectivity index (χ0) is 13.1. The van der Waals surface area contributed by atoms with Crippen LogP contribution in [-0.2, 0) is 19.9 Å². The van der Waals surface area contributed by atoms with E-state index in [2.05, 4.69) is 4.72 Å². The first-order valence-electron chi connectivity index (χ1n) is 4.74. The number of hydrogen-bond acceptors (Lipinski definition) is 5. The van der Waals surface area contributed by atoms with E-state index in [-0.39, 0.29) is 22.9 Å². The maximum Gasteiger partial charge on any atom is 0.242 e. The standard InChI is InChI=1S/C9H14N2O4S2/c1-16(12,13)7-6-11-17(14,15)9-5-3-2-4-8(9)10/h2-5,11H,6-7,10H2,1H3. The summed E-state index contributed by atoms with van der Waals surface area (Å²) in [6, 6.07) is 5.98. The van der Waals surface area contributed by atoms with Crippen LogP contribution in [0, 0.1) is 0 Å². The van der Waals surface area contributed by atoms with Crippen molar-refractivity contribution in [2.24, 2.45) is 0 Å². The number of benzene rings is 1. The van der Waals surface area contributed by atoms with Crippen LogP contribution >= 0.6 is 0 Å². The van der Waals surface area contributed by atoms with Crippen molar-refractivity contribution in [1.82, 2.24) is 4.72 Å². The molecular weight excluding hydrogens is 264 g/mol. The van der Waals surface area contributed by atoms with Crippen LogP contribution in [0.5, 0.6) is 0 Å². The molecule has 8 heteroatoms. The van der Waals surface area contributed by atoms with Gasteiger partial charge >= 0.3 is 0 Å². The van der Waals surface area contributed by atoms with E-state index in [1.165, 1.54) is 12.1 Å². The van der Waals surface area contributed by atoms with Crippen LogP contribution in [0.2, 0.25) is 0 Å². The summed E-state index contributed by atoms with van der Waals surface area (Å²) in [6.07, 6.45) is 1.04. The molecule has 3 N–H and O–H groups in total. The van der Waals surface area contributed by atoms with Gasteiger partial charge in [0.05, 0.1) is 11.4 Å². The Morgan fingerprint density at radius 2 is 1.76 bits per heavy atom. The molecule has 1 aromatic rings. The second kappa shape index (κ2) is 5.03. The van der Waals surface area contributed by atoms with Crippen molar-refractivity contribution in [2.45, 2.75) is 4.90 Å². The van der Waals surface area contributed by atoms with E-state index in [1.54, 1.807) is 12.1 Å². The zero-order valence-corrected chi connectivity index (χ0v) is 10.9. The molecule has 96 valence electrons. The molecule has 0 aliphatic carbocycles. The summed E-state index contributed by atoms with van der Waals surface area (Å²) >= 11 is 0. The number of nitrogens with two attached hydrogens (primary N) is 1. The molecular formula is C9H14N2O4S2. The highest BCUT2D eigenvalue weighted by Gasteiger charge is 2.16. The average Bonchev–Trinajstić information content (AvgIpc) is 2.15. The van der Waals surface area contributed by atoms with Crippen LogP contribution in [0.1, 0.15) is 0 Å². The first kappa shape index (κ1) is 13.9. The smallest absolute Gasteiger partial charge is 0.242 e. The number of sulfonamides is 1. The molecule has 0 spiro atoms. The highest BCUT2D eigenvalue weighted by molar-refractivity contribution is 7.91. The predicted octanol–water partition coefficient (Wildman–Crippen LogP) is -0.408. The molecule has 6 nitrogen and oxygen atoms in total. The fraction of sp³-hybridized carbons (Fsp3) is 0.333. The Morgan fingerprint density at radius 1 is 1.18 bits per heavy atom. The van der Waals surface area contributed by atoms with Gasteiger partial charge < -0.3 is 5.73 Å². The third-order valence-corrected chi connectivity index (χ3v) is 4.45. The minimum atomic E-state index is -3.75. The first-order chi connectivity index (χ1) is 7.72. The van der Waals surface area contributed by atoms with Gasteiger partial charge in [-0.2, -0.15) is 0 Å². The lowest BCUT2D eigenvalue weighted by molar-refractivity contribution is 0.582. The molecule has 1 rings (SSSR count). The molecule has 0 saturated carbocycles. The lowest BCUT2D eigenvalue weighted by Gasteiger charge is -2.08. The molecule has 0 atom stereocenters. The van der Waals surface area contributed by atoms with Crippen LogP contribution in [-0.4, -0.2) is 35.4 Å². The molecule has 1 aromatic carbocycles. The fourth-order valence-electron chi connectivity index (χ4n) is 1.16. The Bertz CT molecular complexity index is 593. The topological polar surface area (TPSA) is 106 Å². The minimum Gasteiger partial charge on any atom is -0.398 e. The summed E-state index contributed by atoms with van der Waals surface area (Å²) in [5.74, 6) is -0.251. The summed E-state index contributed by atoms with van der Waals surface area (Å²) in [6.45, 7) is -0.171. The Balaban J connectivity index is 2.81. The van der Waals surface area contributed by atoms with Crippen molar-refractivity contribution >= 4 is 25.5 Å². The van der Waals surface area contributed by atoms with Crippen molar-refractivity contribution in [3.8, 4) is 0 Å². The molecule has 0 unspecified atom stereocenters. The van der Waals surface area contributed by atoms with E-state index in [0.717, 1.165) is 6.26 Å². The first-order valence-corrected chi connectivity index (χ1v) is 8.29. The van der Waals surface area contributed by atoms with E-state index in [1.807, 2.05) is 0 Å². The number of nitrogen functional groups attached to an aromatic ring is 1. The monoisotopic (exact) mass is 278 g/mol. The Hall–Kier alpha value is -1.12. The Morgan fingerprint density at radius 3 is 2.29 bits per heavy atom. The van der Waals surface area contributed by atoms with Gasteiger partial charge in [-0.25, -0.2) is 21.6 Å². The van der Waals surface area contributed by atoms with Gasteiger partial charge in [0.2, 0.25) is 10.0 Å². The molecule has 0 fully saturated rings. The van der Waals surface area contributed by atoms with Crippen molar-refractivity contribution in [3.63, 3.8) is 0 Å². The lowest BCUT2D eigenvalue weighted by Crippen LogP contribution is -2.29. The molecule has 0 bridgehead atoms. The second-order valence-electron chi connectivity index (χ2n) is 3.57. The van der Waals surface area contributed by atoms with Crippen LogP contribution in [0.25, 0.3) is 0 Å². The maximum atomic E-state index is 11.8. The molecule has 0 aliphatic rings. The quantitative estimate of drug-likeness (QED) is 0.712. The van der Waals surface area contributed by atoms with Crippen molar-refractivity contribution in [1.29, 1.82) is 0 Å². The molecule has 0 radical (unpaired) electrons. The summed E-state index contributed by atoms with van der Waals surface area (Å²) in [5, 5.41) is 0. The highest BCUT2D eigenvalue weighted by atomic mass is 32.2. The van der Waals surface area contributed by atoms with Gasteiger partial charge in [-0.3, -0.25) is 0 Å². The number of hydrogen-bond donors (Lipinski definition) is 2. The number of sulfone groups is 1. The second-order valence-corrected chi connectivity index (χ2v) is 7.56. The van der Waals surface area contributed by atoms with E-state index in [4.69, 9.17) is 5.73 Å². The van der Waals surface area contributed by atoms with E-state index >= 15 is 0 Å². The summed E-state index contributed by atoms with van der Waals surface area (Å²) in [7, 11) is -6.95. The highest BCUT2D eigenvalue weighted by Crippen LogP contribution is 2.16. The summed E-state index contributed by atoms with van der Waals surface area (Å²) in [4.78, 5) is -0.0477. The van der Waals surface area contributed by atoms with Gasteiger partial charge in [-0.05, 0) is 12.1 Å². The predicted molar refractivity (Wildman–Crippen MR) is 65.8 cm³/mol. The average molecular weight is 278 g/mol. The number of anilines is 1. The Kier molecular flexibility index (Phi) is 4.12. The molecule has 0 aliphatic heterocycles. The van der Waals surface area contributed by atoms with Gasteiger partial charge in [0.25, 0.3) is 0 Å². The zero-order valence-electron chi connectivity index (χ0n) is 9.25. The minimum absolute atomic E-state index is 0.0477. The summed E-state index contributed by atoms with van der Waals surface area (Å²) in [5.41, 5.74) is 5.65. The molecule has 0 amide bonds. The van der Waals surface area contributed by atoms with Gasteiger partial charge in [0, 0.05) is 12.8 Å². The van der Waals surface area contributed by atoms with E-state index in [0.29, 0.717) is 0 Å². The van der Waals surface area contributed by atoms with Crippen molar-refractivity contribution < 1.29 is 16.8 Å². The van der Waals surface area contributed by atoms with E-state index < -0.39 is 19.9 Å². The largest absolute Gasteiger partial charge is 0.398 e. The normalized spacial score (nSPS) is 12.5. The van der Waals surface area contributed by atoms with Gasteiger partial charge in [-0.1, -0.05) is 12.1 Å². The number of rotatable bonds is 5. The molecule has 0 heterocycles. The maximum absolute atomic E-state index is 11.8. The SMILES string of the molecule is CS(=O)(=O)CCNS(=O)(=O)c1ccccc1N. The molecule has 0 aromatic heterocycles. The third-order valence-electron chi connectivity index (χ3n) is 1.97. The van der Waals surface area contributed by atoms with Crippen LogP contribution < -0.4 is 10.5 Å². The Labute approximate surface area is 101 Å². The van der Waals surface area contributed by atoms with Crippen LogP contribution in [0.3, 0.4) is 0 Å². The van der Waals surface area contributed by atoms with Crippen molar-refractivity contribution in [2.75, 3.05) is 24.3 Å². The number of para-hydroxylation sites is 1. The van der Waals surface area contributed by atoms with Crippen LogP contribution in [0.15, 0.2) is 29.2 Å². The lowest BCUT2D eigenvalue weighted by atomic mass is 10.3. The molecule has 17 heavy (non-hydrogen) atoms. The van der Waals surface area contributed by atoms with Gasteiger partial charge in [0.1, 0.15) is 14.7 Å². The van der Waals surface area contributed by atoms with E-state index in [9.17, 15) is 16.8 Å². The van der Waals surface area contributed by atoms with Gasteiger partial charge in [0.15, 0.2) is 0 Å². The third kappa shape index (κ3) is 4.33. The number of nitrogens with one attached hydrogen (secondary N) is 1. The van der Waals surface area contributed by atoms with Gasteiger partial charge in [-0.15, -0.1) is 0 Å². The fourth-order valence-corrected chi connectivity index (χ4v) is 2.93. The summed E-state index contributed by atoms with van der Waals surface area (Å²) < 4.78 is 47.4. The van der Waals surface area contributed by atoms with Crippen LogP contribution in [0.4, 0.5) is 5.69 Å².